The summed E-state index contributed by atoms with van der Waals surface area (Å²) in [7, 11) is 1.25. The van der Waals surface area contributed by atoms with Gasteiger partial charge in [0, 0.05) is 11.4 Å². The molecular formula is C23H27ClN2O5. The molecule has 0 saturated heterocycles. The minimum absolute atomic E-state index is 0.0838. The third-order valence-corrected chi connectivity index (χ3v) is 4.84. The van der Waals surface area contributed by atoms with E-state index in [9.17, 15) is 14.4 Å². The fraction of sp³-hybridized carbons (Fsp3) is 0.348. The van der Waals surface area contributed by atoms with Crippen LogP contribution in [0.25, 0.3) is 0 Å². The van der Waals surface area contributed by atoms with E-state index >= 15 is 0 Å². The molecule has 0 aromatic heterocycles. The van der Waals surface area contributed by atoms with E-state index in [-0.39, 0.29) is 18.9 Å². The summed E-state index contributed by atoms with van der Waals surface area (Å²) in [5.41, 5.74) is 1.63. The van der Waals surface area contributed by atoms with Gasteiger partial charge in [0.15, 0.2) is 0 Å². The Morgan fingerprint density at radius 1 is 0.935 bits per heavy atom. The molecule has 2 N–H and O–H groups in total. The summed E-state index contributed by atoms with van der Waals surface area (Å²) in [4.78, 5) is 37.3. The van der Waals surface area contributed by atoms with Gasteiger partial charge in [-0.3, -0.25) is 4.79 Å². The number of benzene rings is 2. The van der Waals surface area contributed by atoms with Gasteiger partial charge in [0.25, 0.3) is 0 Å². The molecule has 0 heterocycles. The van der Waals surface area contributed by atoms with Crippen LogP contribution in [-0.2, 0) is 32.1 Å². The number of carbonyl (C=O) groups excluding carboxylic acids is 3. The Balaban J connectivity index is 2.00. The highest BCUT2D eigenvalue weighted by Gasteiger charge is 2.29. The van der Waals surface area contributed by atoms with Gasteiger partial charge in [0.2, 0.25) is 5.91 Å². The second-order valence-electron chi connectivity index (χ2n) is 7.34. The monoisotopic (exact) mass is 446 g/mol. The third-order valence-electron chi connectivity index (χ3n) is 4.59. The van der Waals surface area contributed by atoms with Crippen molar-refractivity contribution < 1.29 is 23.9 Å². The van der Waals surface area contributed by atoms with Crippen molar-refractivity contribution in [1.82, 2.24) is 10.6 Å². The molecule has 7 nitrogen and oxygen atoms in total. The Bertz CT molecular complexity index is 871. The molecule has 2 amide bonds. The Morgan fingerprint density at radius 3 is 2.16 bits per heavy atom. The molecular weight excluding hydrogens is 420 g/mol. The Hall–Kier alpha value is -3.06. The second-order valence-corrected chi connectivity index (χ2v) is 7.78. The summed E-state index contributed by atoms with van der Waals surface area (Å²) in [6.07, 6.45) is -0.496. The van der Waals surface area contributed by atoms with Gasteiger partial charge >= 0.3 is 12.1 Å². The topological polar surface area (TPSA) is 93.7 Å². The van der Waals surface area contributed by atoms with Gasteiger partial charge in [-0.2, -0.15) is 0 Å². The first kappa shape index (κ1) is 24.2. The number of halogens is 1. The van der Waals surface area contributed by atoms with Gasteiger partial charge < -0.3 is 20.1 Å². The number of methoxy groups -OCH3 is 1. The van der Waals surface area contributed by atoms with Crippen LogP contribution in [0.4, 0.5) is 4.79 Å². The molecule has 31 heavy (non-hydrogen) atoms. The molecule has 0 radical (unpaired) electrons. The summed E-state index contributed by atoms with van der Waals surface area (Å²) >= 11 is 5.90. The maximum atomic E-state index is 12.9. The van der Waals surface area contributed by atoms with Crippen LogP contribution in [0.1, 0.15) is 25.0 Å². The zero-order valence-corrected chi connectivity index (χ0v) is 18.5. The SMILES string of the molecule is COC(=O)[C@@H](Cc1ccc(Cl)cc1)NC(=O)[C@H](NC(=O)OCc1ccccc1)C(C)C. The van der Waals surface area contributed by atoms with Gasteiger partial charge in [-0.25, -0.2) is 9.59 Å². The molecule has 2 aromatic rings. The summed E-state index contributed by atoms with van der Waals surface area (Å²) in [5, 5.41) is 5.82. The first-order valence-corrected chi connectivity index (χ1v) is 10.3. The molecule has 0 aliphatic heterocycles. The fourth-order valence-corrected chi connectivity index (χ4v) is 3.01. The lowest BCUT2D eigenvalue weighted by Crippen LogP contribution is -2.54. The zero-order chi connectivity index (χ0) is 22.8. The van der Waals surface area contributed by atoms with Crippen LogP contribution in [0, 0.1) is 5.92 Å². The average molecular weight is 447 g/mol. The van der Waals surface area contributed by atoms with Crippen LogP contribution in [0.15, 0.2) is 54.6 Å². The quantitative estimate of drug-likeness (QED) is 0.575. The van der Waals surface area contributed by atoms with Crippen molar-refractivity contribution in [3.05, 3.63) is 70.7 Å². The Labute approximate surface area is 187 Å². The smallest absolute Gasteiger partial charge is 0.408 e. The maximum Gasteiger partial charge on any atom is 0.408 e. The summed E-state index contributed by atoms with van der Waals surface area (Å²) in [6, 6.07) is 14.3. The number of hydrogen-bond donors (Lipinski definition) is 2. The minimum Gasteiger partial charge on any atom is -0.467 e. The first-order valence-electron chi connectivity index (χ1n) is 9.90. The summed E-state index contributed by atoms with van der Waals surface area (Å²) in [6.45, 7) is 3.66. The van der Waals surface area contributed by atoms with E-state index in [1.807, 2.05) is 30.3 Å². The van der Waals surface area contributed by atoms with Crippen molar-refractivity contribution in [3.63, 3.8) is 0 Å². The van der Waals surface area contributed by atoms with Crippen molar-refractivity contribution in [2.75, 3.05) is 7.11 Å². The summed E-state index contributed by atoms with van der Waals surface area (Å²) in [5.74, 6) is -1.33. The molecule has 0 aliphatic rings. The molecule has 0 bridgehead atoms. The first-order chi connectivity index (χ1) is 14.8. The lowest BCUT2D eigenvalue weighted by Gasteiger charge is -2.24. The van der Waals surface area contributed by atoms with Crippen LogP contribution in [0.3, 0.4) is 0 Å². The van der Waals surface area contributed by atoms with E-state index < -0.39 is 30.1 Å². The predicted molar refractivity (Wildman–Crippen MR) is 117 cm³/mol. The lowest BCUT2D eigenvalue weighted by molar-refractivity contribution is -0.145. The molecule has 8 heteroatoms. The molecule has 166 valence electrons. The largest absolute Gasteiger partial charge is 0.467 e. The normalized spacial score (nSPS) is 12.5. The van der Waals surface area contributed by atoms with E-state index in [1.165, 1.54) is 7.11 Å². The molecule has 0 saturated carbocycles. The fourth-order valence-electron chi connectivity index (χ4n) is 2.88. The van der Waals surface area contributed by atoms with Crippen LogP contribution in [-0.4, -0.2) is 37.2 Å². The third kappa shape index (κ3) is 7.94. The maximum absolute atomic E-state index is 12.9. The standard InChI is InChI=1S/C23H27ClN2O5/c1-15(2)20(26-23(29)31-14-17-7-5-4-6-8-17)21(27)25-19(22(28)30-3)13-16-9-11-18(24)12-10-16/h4-12,15,19-20H,13-14H2,1-3H3,(H,25,27)(H,26,29)/t19-,20-/m1/s1. The number of hydrogen-bond acceptors (Lipinski definition) is 5. The van der Waals surface area contributed by atoms with Gasteiger partial charge in [-0.1, -0.05) is 67.9 Å². The van der Waals surface area contributed by atoms with Crippen molar-refractivity contribution >= 4 is 29.6 Å². The second kappa shape index (κ2) is 12.0. The lowest BCUT2D eigenvalue weighted by atomic mass is 10.0. The number of ether oxygens (including phenoxy) is 2. The summed E-state index contributed by atoms with van der Waals surface area (Å²) < 4.78 is 10.0. The van der Waals surface area contributed by atoms with Gasteiger partial charge in [-0.15, -0.1) is 0 Å². The average Bonchev–Trinajstić information content (AvgIpc) is 2.76. The molecule has 2 rings (SSSR count). The van der Waals surface area contributed by atoms with Crippen molar-refractivity contribution in [2.45, 2.75) is 39.0 Å². The number of esters is 1. The van der Waals surface area contributed by atoms with Gasteiger partial charge in [0.05, 0.1) is 7.11 Å². The molecule has 2 aromatic carbocycles. The van der Waals surface area contributed by atoms with Crippen LogP contribution >= 0.6 is 11.6 Å². The molecule has 0 unspecified atom stereocenters. The number of amides is 2. The number of carbonyl (C=O) groups is 3. The molecule has 0 fully saturated rings. The van der Waals surface area contributed by atoms with Crippen LogP contribution in [0.2, 0.25) is 5.02 Å². The van der Waals surface area contributed by atoms with Crippen LogP contribution in [0.5, 0.6) is 0 Å². The molecule has 0 aliphatic carbocycles. The highest BCUT2D eigenvalue weighted by Crippen LogP contribution is 2.12. The number of alkyl carbamates (subject to hydrolysis) is 1. The highest BCUT2D eigenvalue weighted by molar-refractivity contribution is 6.30. The van der Waals surface area contributed by atoms with E-state index in [1.54, 1.807) is 38.1 Å². The number of rotatable bonds is 9. The van der Waals surface area contributed by atoms with E-state index in [2.05, 4.69) is 10.6 Å². The van der Waals surface area contributed by atoms with Crippen molar-refractivity contribution in [2.24, 2.45) is 5.92 Å². The Kier molecular flexibility index (Phi) is 9.34. The minimum atomic E-state index is -0.915. The molecule has 0 spiro atoms. The van der Waals surface area contributed by atoms with Crippen molar-refractivity contribution in [1.29, 1.82) is 0 Å². The van der Waals surface area contributed by atoms with E-state index in [0.717, 1.165) is 11.1 Å². The highest BCUT2D eigenvalue weighted by atomic mass is 35.5. The van der Waals surface area contributed by atoms with Crippen LogP contribution < -0.4 is 10.6 Å². The van der Waals surface area contributed by atoms with E-state index in [4.69, 9.17) is 21.1 Å². The number of nitrogens with one attached hydrogen (secondary N) is 2. The van der Waals surface area contributed by atoms with Gasteiger partial charge in [-0.05, 0) is 29.2 Å². The predicted octanol–water partition coefficient (Wildman–Crippen LogP) is 3.49. The Morgan fingerprint density at radius 2 is 1.58 bits per heavy atom. The molecule has 2 atom stereocenters. The van der Waals surface area contributed by atoms with Gasteiger partial charge in [0.1, 0.15) is 18.7 Å². The van der Waals surface area contributed by atoms with E-state index in [0.29, 0.717) is 5.02 Å². The zero-order valence-electron chi connectivity index (χ0n) is 17.8. The van der Waals surface area contributed by atoms with Crippen molar-refractivity contribution in [3.8, 4) is 0 Å².